The second-order valence-electron chi connectivity index (χ2n) is 10.6. The number of hydrogen-bond acceptors (Lipinski definition) is 5. The van der Waals surface area contributed by atoms with E-state index in [9.17, 15) is 9.90 Å². The number of hydrogen-bond donors (Lipinski definition) is 2. The lowest BCUT2D eigenvalue weighted by Gasteiger charge is -2.30. The molecular weight excluding hydrogens is 408 g/mol. The van der Waals surface area contributed by atoms with Crippen LogP contribution in [0.25, 0.3) is 11.2 Å². The van der Waals surface area contributed by atoms with Crippen molar-refractivity contribution >= 4 is 25.1 Å². The van der Waals surface area contributed by atoms with E-state index in [1.165, 1.54) is 0 Å². The monoisotopic (exact) mass is 444 g/mol. The summed E-state index contributed by atoms with van der Waals surface area (Å²) in [4.78, 5) is 22.7. The van der Waals surface area contributed by atoms with Gasteiger partial charge in [0.25, 0.3) is 5.91 Å². The first-order valence-corrected chi connectivity index (χ1v) is 15.3. The van der Waals surface area contributed by atoms with Gasteiger partial charge < -0.3 is 19.7 Å². The van der Waals surface area contributed by atoms with Gasteiger partial charge >= 0.3 is 0 Å². The normalized spacial score (nSPS) is 19.6. The van der Waals surface area contributed by atoms with Crippen molar-refractivity contribution in [2.75, 3.05) is 6.61 Å². The van der Waals surface area contributed by atoms with Crippen LogP contribution in [0, 0.1) is 0 Å². The average molecular weight is 445 g/mol. The van der Waals surface area contributed by atoms with Crippen molar-refractivity contribution in [1.82, 2.24) is 19.9 Å². The van der Waals surface area contributed by atoms with E-state index in [0.29, 0.717) is 36.0 Å². The third-order valence-corrected chi connectivity index (χ3v) is 8.38. The predicted octanol–water partition coefficient (Wildman–Crippen LogP) is 4.04. The summed E-state index contributed by atoms with van der Waals surface area (Å²) in [6, 6.07) is 0.779. The summed E-state index contributed by atoms with van der Waals surface area (Å²) in [5.74, 6) is 0.253. The third kappa shape index (κ3) is 5.18. The van der Waals surface area contributed by atoms with Gasteiger partial charge in [-0.05, 0) is 38.7 Å². The Kier molecular flexibility index (Phi) is 6.25. The molecular formula is C23H36N4O3Si. The molecule has 2 aliphatic rings. The van der Waals surface area contributed by atoms with Crippen LogP contribution >= 0.6 is 0 Å². The number of rotatable bonds is 9. The lowest BCUT2D eigenvalue weighted by Crippen LogP contribution is -2.49. The number of carbonyl (C=O) groups is 1. The lowest BCUT2D eigenvalue weighted by molar-refractivity contribution is 0.0140. The zero-order chi connectivity index (χ0) is 22.2. The van der Waals surface area contributed by atoms with E-state index in [0.717, 1.165) is 50.3 Å². The summed E-state index contributed by atoms with van der Waals surface area (Å²) in [5.41, 5.74) is 1.95. The number of aliphatic hydroxyl groups is 1. The quantitative estimate of drug-likeness (QED) is 0.450. The summed E-state index contributed by atoms with van der Waals surface area (Å²) in [6.07, 6.45) is 9.36. The van der Waals surface area contributed by atoms with Gasteiger partial charge in [0.15, 0.2) is 5.65 Å². The summed E-state index contributed by atoms with van der Waals surface area (Å²) in [5, 5.41) is 13.9. The molecule has 2 fully saturated rings. The molecule has 2 heterocycles. The fraction of sp³-hybridized carbons (Fsp3) is 0.696. The van der Waals surface area contributed by atoms with E-state index in [1.54, 1.807) is 6.20 Å². The summed E-state index contributed by atoms with van der Waals surface area (Å²) in [6.45, 7) is 9.93. The molecule has 0 bridgehead atoms. The van der Waals surface area contributed by atoms with Crippen LogP contribution < -0.4 is 5.32 Å². The molecule has 31 heavy (non-hydrogen) atoms. The van der Waals surface area contributed by atoms with E-state index in [2.05, 4.69) is 29.9 Å². The van der Waals surface area contributed by atoms with Crippen LogP contribution in [-0.4, -0.2) is 51.9 Å². The highest BCUT2D eigenvalue weighted by molar-refractivity contribution is 6.76. The molecule has 0 saturated heterocycles. The van der Waals surface area contributed by atoms with Gasteiger partial charge in [0, 0.05) is 26.8 Å². The molecule has 7 nitrogen and oxygen atoms in total. The van der Waals surface area contributed by atoms with E-state index in [4.69, 9.17) is 9.72 Å². The Hall–Kier alpha value is -1.77. The molecule has 0 unspecified atom stereocenters. The maximum absolute atomic E-state index is 13.2. The number of carbonyl (C=O) groups excluding carboxylic acids is 1. The van der Waals surface area contributed by atoms with Crippen LogP contribution in [0.4, 0.5) is 0 Å². The minimum atomic E-state index is -1.16. The van der Waals surface area contributed by atoms with E-state index in [-0.39, 0.29) is 11.9 Å². The molecule has 0 aliphatic heterocycles. The first-order chi connectivity index (χ1) is 14.7. The fourth-order valence-electron chi connectivity index (χ4n) is 4.28. The molecule has 0 radical (unpaired) electrons. The molecule has 2 aromatic rings. The Bertz CT molecular complexity index is 942. The molecule has 2 N–H and O–H groups in total. The first kappa shape index (κ1) is 22.4. The van der Waals surface area contributed by atoms with Crippen molar-refractivity contribution in [1.29, 1.82) is 0 Å². The number of nitrogens with one attached hydrogen (secondary N) is 1. The van der Waals surface area contributed by atoms with Crippen molar-refractivity contribution < 1.29 is 14.6 Å². The molecule has 2 aromatic heterocycles. The van der Waals surface area contributed by atoms with Crippen LogP contribution in [0.15, 0.2) is 12.4 Å². The van der Waals surface area contributed by atoms with Gasteiger partial charge in [-0.25, -0.2) is 9.97 Å². The molecule has 4 rings (SSSR count). The van der Waals surface area contributed by atoms with Crippen LogP contribution in [0.3, 0.4) is 0 Å². The molecule has 1 atom stereocenters. The highest BCUT2D eigenvalue weighted by Gasteiger charge is 2.38. The van der Waals surface area contributed by atoms with Crippen LogP contribution in [0.5, 0.6) is 0 Å². The summed E-state index contributed by atoms with van der Waals surface area (Å²) >= 11 is 0. The number of fused-ring (bicyclic) bond motifs is 1. The van der Waals surface area contributed by atoms with Crippen molar-refractivity contribution in [3.8, 4) is 0 Å². The maximum Gasteiger partial charge on any atom is 0.255 e. The number of ether oxygens (including phenoxy) is 1. The predicted molar refractivity (Wildman–Crippen MR) is 124 cm³/mol. The molecule has 2 aliphatic carbocycles. The smallest absolute Gasteiger partial charge is 0.255 e. The Morgan fingerprint density at radius 2 is 2.06 bits per heavy atom. The number of amides is 1. The highest BCUT2D eigenvalue weighted by Crippen LogP contribution is 2.39. The van der Waals surface area contributed by atoms with Gasteiger partial charge in [-0.2, -0.15) is 0 Å². The zero-order valence-electron chi connectivity index (χ0n) is 19.3. The van der Waals surface area contributed by atoms with Crippen molar-refractivity contribution in [3.63, 3.8) is 0 Å². The lowest BCUT2D eigenvalue weighted by atomic mass is 9.93. The van der Waals surface area contributed by atoms with E-state index < -0.39 is 13.7 Å². The number of aromatic nitrogens is 3. The van der Waals surface area contributed by atoms with Gasteiger partial charge in [0.05, 0.1) is 29.1 Å². The largest absolute Gasteiger partial charge is 0.388 e. The summed E-state index contributed by atoms with van der Waals surface area (Å²) < 4.78 is 7.81. The van der Waals surface area contributed by atoms with Gasteiger partial charge in [0.1, 0.15) is 12.2 Å². The Balaban J connectivity index is 1.55. The second kappa shape index (κ2) is 8.63. The van der Waals surface area contributed by atoms with Gasteiger partial charge in [0.2, 0.25) is 0 Å². The summed E-state index contributed by atoms with van der Waals surface area (Å²) in [7, 11) is -1.16. The molecule has 170 valence electrons. The van der Waals surface area contributed by atoms with Gasteiger partial charge in [-0.1, -0.05) is 32.5 Å². The van der Waals surface area contributed by atoms with Crippen molar-refractivity contribution in [2.45, 2.75) is 95.4 Å². The third-order valence-electron chi connectivity index (χ3n) is 6.67. The van der Waals surface area contributed by atoms with Gasteiger partial charge in [-0.3, -0.25) is 4.79 Å². The Labute approximate surface area is 185 Å². The van der Waals surface area contributed by atoms with E-state index >= 15 is 0 Å². The molecule has 2 saturated carbocycles. The van der Waals surface area contributed by atoms with Crippen molar-refractivity contribution in [3.05, 3.63) is 23.7 Å². The van der Waals surface area contributed by atoms with Gasteiger partial charge in [-0.15, -0.1) is 0 Å². The number of nitrogens with zero attached hydrogens (tertiary/aromatic N) is 3. The topological polar surface area (TPSA) is 89.3 Å². The molecule has 1 amide bonds. The van der Waals surface area contributed by atoms with E-state index in [1.807, 2.05) is 17.7 Å². The molecule has 8 heteroatoms. The van der Waals surface area contributed by atoms with Crippen LogP contribution in [-0.2, 0) is 11.5 Å². The fourth-order valence-corrected chi connectivity index (χ4v) is 5.03. The van der Waals surface area contributed by atoms with Crippen LogP contribution in [0.2, 0.25) is 25.7 Å². The minimum absolute atomic E-state index is 0.207. The standard InChI is InChI=1S/C23H36N4O3Si/c1-16(23(29)9-5-6-10-23)25-22(28)18-14-27(15-30-11-12-31(2,3)4)21-20(18)26-19(13-24-21)17-7-8-17/h13-14,16-17,29H,5-12,15H2,1-4H3,(H,25,28)/t16-/m1/s1. The van der Waals surface area contributed by atoms with Crippen LogP contribution in [0.1, 0.15) is 67.4 Å². The zero-order valence-corrected chi connectivity index (χ0v) is 20.3. The highest BCUT2D eigenvalue weighted by atomic mass is 28.3. The second-order valence-corrected chi connectivity index (χ2v) is 16.2. The first-order valence-electron chi connectivity index (χ1n) is 11.6. The Morgan fingerprint density at radius 1 is 1.35 bits per heavy atom. The average Bonchev–Trinajstić information content (AvgIpc) is 3.36. The minimum Gasteiger partial charge on any atom is -0.388 e. The Morgan fingerprint density at radius 3 is 2.71 bits per heavy atom. The van der Waals surface area contributed by atoms with Crippen molar-refractivity contribution in [2.24, 2.45) is 0 Å². The molecule has 0 aromatic carbocycles. The maximum atomic E-state index is 13.2. The SMILES string of the molecule is C[C@@H](NC(=O)c1cn(COCC[Si](C)(C)C)c2ncc(C3CC3)nc12)C1(O)CCCC1. The molecule has 0 spiro atoms.